The van der Waals surface area contributed by atoms with Crippen LogP contribution in [-0.4, -0.2) is 30.8 Å². The molecule has 1 amide bonds. The summed E-state index contributed by atoms with van der Waals surface area (Å²) in [7, 11) is 0. The topological polar surface area (TPSA) is 119 Å². The van der Waals surface area contributed by atoms with Gasteiger partial charge >= 0.3 is 6.18 Å². The molecule has 182 valence electrons. The quantitative estimate of drug-likeness (QED) is 0.367. The number of carbonyl (C=O) groups is 1. The zero-order valence-corrected chi connectivity index (χ0v) is 18.6. The number of hydrogen-bond donors (Lipinski definition) is 2. The molecule has 12 heteroatoms. The van der Waals surface area contributed by atoms with E-state index in [9.17, 15) is 22.8 Å². The molecule has 0 saturated carbocycles. The van der Waals surface area contributed by atoms with Gasteiger partial charge in [-0.05, 0) is 42.3 Å². The molecule has 5 aromatic rings. The summed E-state index contributed by atoms with van der Waals surface area (Å²) in [5.74, 6) is -0.127. The van der Waals surface area contributed by atoms with Crippen LogP contribution in [0.1, 0.15) is 34.6 Å². The van der Waals surface area contributed by atoms with E-state index in [4.69, 9.17) is 4.52 Å². The van der Waals surface area contributed by atoms with Crippen LogP contribution >= 0.6 is 0 Å². The third-order valence-corrected chi connectivity index (χ3v) is 5.75. The van der Waals surface area contributed by atoms with Crippen molar-refractivity contribution in [1.29, 1.82) is 0 Å². The van der Waals surface area contributed by atoms with E-state index in [0.717, 1.165) is 6.20 Å². The summed E-state index contributed by atoms with van der Waals surface area (Å²) in [6, 6.07) is 12.0. The Morgan fingerprint density at radius 3 is 2.75 bits per heavy atom. The molecule has 2 N–H and O–H groups in total. The van der Waals surface area contributed by atoms with Crippen LogP contribution < -0.4 is 10.9 Å². The molecule has 3 heterocycles. The highest BCUT2D eigenvalue weighted by molar-refractivity contribution is 6.03. The molecule has 0 fully saturated rings. The summed E-state index contributed by atoms with van der Waals surface area (Å²) < 4.78 is 45.8. The number of aromatic nitrogens is 5. The third-order valence-electron chi connectivity index (χ3n) is 5.75. The number of benzene rings is 2. The van der Waals surface area contributed by atoms with Crippen molar-refractivity contribution in [2.75, 3.05) is 5.32 Å². The molecule has 0 aliphatic heterocycles. The van der Waals surface area contributed by atoms with Gasteiger partial charge in [0.2, 0.25) is 0 Å². The van der Waals surface area contributed by atoms with E-state index in [-0.39, 0.29) is 33.4 Å². The molecule has 0 radical (unpaired) electrons. The van der Waals surface area contributed by atoms with Crippen molar-refractivity contribution in [3.8, 4) is 11.1 Å². The monoisotopic (exact) mass is 494 g/mol. The zero-order valence-electron chi connectivity index (χ0n) is 18.6. The van der Waals surface area contributed by atoms with Crippen molar-refractivity contribution in [2.24, 2.45) is 0 Å². The number of alkyl halides is 3. The standard InChI is InChI=1S/C24H17F3N6O3/c1-13(14-3-2-4-16(9-14)22(34)30-20-7-8-36-32-20)33-12-28-19-10-15(5-6-17(19)23(33)35)18-11-29-31-21(18)24(25,26)27/h2-13H,1H3,(H,29,31)(H,30,32,34). The van der Waals surface area contributed by atoms with Gasteiger partial charge in [-0.3, -0.25) is 19.3 Å². The van der Waals surface area contributed by atoms with E-state index in [1.165, 1.54) is 41.4 Å². The Labute approximate surface area is 200 Å². The highest BCUT2D eigenvalue weighted by Gasteiger charge is 2.36. The summed E-state index contributed by atoms with van der Waals surface area (Å²) in [6.45, 7) is 1.78. The minimum absolute atomic E-state index is 0.135. The Bertz CT molecular complexity index is 1620. The van der Waals surface area contributed by atoms with E-state index in [1.54, 1.807) is 31.2 Å². The SMILES string of the molecule is CC(c1cccc(C(=O)Nc2ccon2)c1)n1cnc2cc(-c3cn[nH]c3C(F)(F)F)ccc2c1=O. The largest absolute Gasteiger partial charge is 0.433 e. The first kappa shape index (κ1) is 23.0. The lowest BCUT2D eigenvalue weighted by Gasteiger charge is -2.17. The highest BCUT2D eigenvalue weighted by atomic mass is 19.4. The van der Waals surface area contributed by atoms with Crippen molar-refractivity contribution in [3.63, 3.8) is 0 Å². The molecule has 2 aromatic carbocycles. The van der Waals surface area contributed by atoms with Crippen LogP contribution in [0.4, 0.5) is 19.0 Å². The molecule has 0 bridgehead atoms. The second-order valence-electron chi connectivity index (χ2n) is 7.99. The minimum atomic E-state index is -4.60. The van der Waals surface area contributed by atoms with Gasteiger partial charge in [0.25, 0.3) is 11.5 Å². The molecule has 9 nitrogen and oxygen atoms in total. The van der Waals surface area contributed by atoms with Gasteiger partial charge in [-0.2, -0.15) is 18.3 Å². The lowest BCUT2D eigenvalue weighted by atomic mass is 10.0. The Morgan fingerprint density at radius 2 is 2.00 bits per heavy atom. The van der Waals surface area contributed by atoms with Gasteiger partial charge in [-0.1, -0.05) is 23.4 Å². The van der Waals surface area contributed by atoms with Crippen LogP contribution in [0.25, 0.3) is 22.0 Å². The normalized spacial score (nSPS) is 12.6. The van der Waals surface area contributed by atoms with E-state index in [0.29, 0.717) is 11.1 Å². The maximum atomic E-state index is 13.2. The number of carbonyl (C=O) groups excluding carboxylic acids is 1. The number of nitrogens with one attached hydrogen (secondary N) is 2. The average Bonchev–Trinajstić information content (AvgIpc) is 3.56. The summed E-state index contributed by atoms with van der Waals surface area (Å²) in [4.78, 5) is 30.1. The van der Waals surface area contributed by atoms with E-state index < -0.39 is 23.8 Å². The second kappa shape index (κ2) is 8.80. The van der Waals surface area contributed by atoms with Gasteiger partial charge in [0.05, 0.1) is 29.5 Å². The van der Waals surface area contributed by atoms with Crippen molar-refractivity contribution in [1.82, 2.24) is 24.9 Å². The van der Waals surface area contributed by atoms with Crippen LogP contribution in [0.2, 0.25) is 0 Å². The van der Waals surface area contributed by atoms with E-state index >= 15 is 0 Å². The molecule has 3 aromatic heterocycles. The summed E-state index contributed by atoms with van der Waals surface area (Å²) in [5.41, 5.74) is 0.0221. The summed E-state index contributed by atoms with van der Waals surface area (Å²) >= 11 is 0. The molecular weight excluding hydrogens is 477 g/mol. The number of nitrogens with zero attached hydrogens (tertiary/aromatic N) is 4. The third kappa shape index (κ3) is 4.24. The number of halogens is 3. The molecular formula is C24H17F3N6O3. The smallest absolute Gasteiger partial charge is 0.363 e. The first-order valence-electron chi connectivity index (χ1n) is 10.7. The van der Waals surface area contributed by atoms with Crippen molar-refractivity contribution < 1.29 is 22.5 Å². The minimum Gasteiger partial charge on any atom is -0.363 e. The zero-order chi connectivity index (χ0) is 25.4. The lowest BCUT2D eigenvalue weighted by molar-refractivity contribution is -0.140. The van der Waals surface area contributed by atoms with Crippen LogP contribution in [0.3, 0.4) is 0 Å². The number of fused-ring (bicyclic) bond motifs is 1. The molecule has 5 rings (SSSR count). The summed E-state index contributed by atoms with van der Waals surface area (Å²) in [5, 5.41) is 12.0. The molecule has 0 aliphatic rings. The van der Waals surface area contributed by atoms with Crippen molar-refractivity contribution >= 4 is 22.6 Å². The molecule has 0 spiro atoms. The molecule has 1 unspecified atom stereocenters. The maximum Gasteiger partial charge on any atom is 0.433 e. The second-order valence-corrected chi connectivity index (χ2v) is 7.99. The Hall–Kier alpha value is -4.74. The van der Waals surface area contributed by atoms with Crippen LogP contribution in [0.5, 0.6) is 0 Å². The molecule has 36 heavy (non-hydrogen) atoms. The van der Waals surface area contributed by atoms with E-state index in [1.807, 2.05) is 5.10 Å². The average molecular weight is 494 g/mol. The number of H-pyrrole nitrogens is 1. The van der Waals surface area contributed by atoms with Crippen LogP contribution in [-0.2, 0) is 6.18 Å². The molecule has 0 aliphatic carbocycles. The van der Waals surface area contributed by atoms with Crippen molar-refractivity contribution in [3.05, 3.63) is 94.5 Å². The Balaban J connectivity index is 1.46. The van der Waals surface area contributed by atoms with Gasteiger partial charge in [0.1, 0.15) is 12.0 Å². The highest BCUT2D eigenvalue weighted by Crippen LogP contribution is 2.35. The fourth-order valence-corrected chi connectivity index (χ4v) is 3.87. The fourth-order valence-electron chi connectivity index (χ4n) is 3.87. The molecule has 0 saturated heterocycles. The molecule has 1 atom stereocenters. The fraction of sp³-hybridized carbons (Fsp3) is 0.125. The number of amides is 1. The number of anilines is 1. The van der Waals surface area contributed by atoms with Crippen LogP contribution in [0, 0.1) is 0 Å². The lowest BCUT2D eigenvalue weighted by Crippen LogP contribution is -2.24. The first-order valence-corrected chi connectivity index (χ1v) is 10.7. The maximum absolute atomic E-state index is 13.2. The van der Waals surface area contributed by atoms with Gasteiger partial charge in [-0.25, -0.2) is 4.98 Å². The predicted molar refractivity (Wildman–Crippen MR) is 123 cm³/mol. The van der Waals surface area contributed by atoms with E-state index in [2.05, 4.69) is 20.6 Å². The number of hydrogen-bond acceptors (Lipinski definition) is 6. The van der Waals surface area contributed by atoms with Crippen molar-refractivity contribution in [2.45, 2.75) is 19.1 Å². The van der Waals surface area contributed by atoms with Gasteiger partial charge < -0.3 is 9.84 Å². The number of aromatic amines is 1. The van der Waals surface area contributed by atoms with Crippen LogP contribution in [0.15, 0.2) is 76.6 Å². The number of rotatable bonds is 5. The van der Waals surface area contributed by atoms with Gasteiger partial charge in [-0.15, -0.1) is 0 Å². The first-order chi connectivity index (χ1) is 17.2. The van der Waals surface area contributed by atoms with Gasteiger partial charge in [0, 0.05) is 17.2 Å². The summed E-state index contributed by atoms with van der Waals surface area (Å²) in [6.07, 6.45) is -0.853. The Kier molecular flexibility index (Phi) is 5.63. The Morgan fingerprint density at radius 1 is 1.17 bits per heavy atom. The van der Waals surface area contributed by atoms with Gasteiger partial charge in [0.15, 0.2) is 5.82 Å². The predicted octanol–water partition coefficient (Wildman–Crippen LogP) is 4.66.